The summed E-state index contributed by atoms with van der Waals surface area (Å²) in [6.07, 6.45) is 5.12. The first kappa shape index (κ1) is 9.84. The van der Waals surface area contributed by atoms with Gasteiger partial charge in [-0.15, -0.1) is 0 Å². The average Bonchev–Trinajstić information content (AvgIpc) is 2.16. The fourth-order valence-electron chi connectivity index (χ4n) is 1.17. The summed E-state index contributed by atoms with van der Waals surface area (Å²) in [4.78, 5) is 4.11. The minimum Gasteiger partial charge on any atom is -0.481 e. The monoisotopic (exact) mass is 180 g/mol. The van der Waals surface area contributed by atoms with E-state index in [0.717, 1.165) is 24.1 Å². The molecule has 1 aromatic rings. The predicted molar refractivity (Wildman–Crippen MR) is 53.8 cm³/mol. The zero-order valence-corrected chi connectivity index (χ0v) is 8.21. The summed E-state index contributed by atoms with van der Waals surface area (Å²) in [6, 6.07) is 1.77. The quantitative estimate of drug-likeness (QED) is 0.771. The van der Waals surface area contributed by atoms with Crippen LogP contribution in [-0.4, -0.2) is 12.1 Å². The molecule has 0 bridgehead atoms. The maximum Gasteiger partial charge on any atom is 0.214 e. The predicted octanol–water partition coefficient (Wildman–Crippen LogP) is 2.02. The van der Waals surface area contributed by atoms with Crippen LogP contribution in [0.5, 0.6) is 5.88 Å². The number of pyridine rings is 1. The number of nitrogens with zero attached hydrogens (tertiary/aromatic N) is 1. The lowest BCUT2D eigenvalue weighted by Crippen LogP contribution is -1.97. The third-order valence-electron chi connectivity index (χ3n) is 2.01. The molecule has 13 heavy (non-hydrogen) atoms. The zero-order valence-electron chi connectivity index (χ0n) is 8.21. The van der Waals surface area contributed by atoms with Crippen LogP contribution in [0, 0.1) is 0 Å². The number of unbranched alkanes of at least 4 members (excludes halogenated alkanes) is 1. The Morgan fingerprint density at radius 1 is 1.54 bits per heavy atom. The lowest BCUT2D eigenvalue weighted by Gasteiger charge is -2.05. The highest BCUT2D eigenvalue weighted by Crippen LogP contribution is 2.17. The van der Waals surface area contributed by atoms with E-state index in [1.54, 1.807) is 19.4 Å². The SMILES string of the molecule is CCCCc1cnc(OC)cc1N. The molecule has 0 radical (unpaired) electrons. The topological polar surface area (TPSA) is 48.1 Å². The smallest absolute Gasteiger partial charge is 0.214 e. The van der Waals surface area contributed by atoms with Crippen LogP contribution in [0.2, 0.25) is 0 Å². The van der Waals surface area contributed by atoms with E-state index in [2.05, 4.69) is 11.9 Å². The van der Waals surface area contributed by atoms with Crippen molar-refractivity contribution in [2.75, 3.05) is 12.8 Å². The van der Waals surface area contributed by atoms with Gasteiger partial charge >= 0.3 is 0 Å². The molecular weight excluding hydrogens is 164 g/mol. The highest BCUT2D eigenvalue weighted by molar-refractivity contribution is 5.48. The Labute approximate surface area is 78.9 Å². The first-order chi connectivity index (χ1) is 6.27. The van der Waals surface area contributed by atoms with Crippen LogP contribution in [0.15, 0.2) is 12.3 Å². The molecule has 0 aliphatic heterocycles. The number of aryl methyl sites for hydroxylation is 1. The number of hydrogen-bond donors (Lipinski definition) is 1. The van der Waals surface area contributed by atoms with Crippen molar-refractivity contribution in [3.8, 4) is 5.88 Å². The van der Waals surface area contributed by atoms with E-state index in [0.29, 0.717) is 5.88 Å². The summed E-state index contributed by atoms with van der Waals surface area (Å²) < 4.78 is 4.96. The van der Waals surface area contributed by atoms with Gasteiger partial charge < -0.3 is 10.5 Å². The lowest BCUT2D eigenvalue weighted by molar-refractivity contribution is 0.398. The van der Waals surface area contributed by atoms with Gasteiger partial charge in [0.1, 0.15) is 0 Å². The van der Waals surface area contributed by atoms with E-state index in [4.69, 9.17) is 10.5 Å². The Hall–Kier alpha value is -1.25. The van der Waals surface area contributed by atoms with Gasteiger partial charge in [-0.1, -0.05) is 13.3 Å². The number of hydrogen-bond acceptors (Lipinski definition) is 3. The second-order valence-corrected chi connectivity index (χ2v) is 3.03. The molecule has 0 spiro atoms. The van der Waals surface area contributed by atoms with E-state index < -0.39 is 0 Å². The van der Waals surface area contributed by atoms with Gasteiger partial charge in [-0.05, 0) is 18.4 Å². The van der Waals surface area contributed by atoms with Crippen molar-refractivity contribution in [2.45, 2.75) is 26.2 Å². The molecule has 0 aliphatic carbocycles. The molecule has 1 rings (SSSR count). The number of rotatable bonds is 4. The lowest BCUT2D eigenvalue weighted by atomic mass is 10.1. The third kappa shape index (κ3) is 2.61. The standard InChI is InChI=1S/C10H16N2O/c1-3-4-5-8-7-12-10(13-2)6-9(8)11/h6-7H,3-5H2,1-2H3,(H2,11,12). The van der Waals surface area contributed by atoms with E-state index >= 15 is 0 Å². The van der Waals surface area contributed by atoms with E-state index in [1.807, 2.05) is 0 Å². The number of anilines is 1. The van der Waals surface area contributed by atoms with Crippen LogP contribution >= 0.6 is 0 Å². The summed E-state index contributed by atoms with van der Waals surface area (Å²) in [7, 11) is 1.59. The fraction of sp³-hybridized carbons (Fsp3) is 0.500. The Morgan fingerprint density at radius 3 is 2.85 bits per heavy atom. The van der Waals surface area contributed by atoms with Crippen molar-refractivity contribution in [1.82, 2.24) is 4.98 Å². The van der Waals surface area contributed by atoms with Crippen LogP contribution in [0.3, 0.4) is 0 Å². The largest absolute Gasteiger partial charge is 0.481 e. The van der Waals surface area contributed by atoms with Crippen LogP contribution < -0.4 is 10.5 Å². The number of aromatic nitrogens is 1. The van der Waals surface area contributed by atoms with Crippen molar-refractivity contribution < 1.29 is 4.74 Å². The molecule has 72 valence electrons. The molecule has 0 saturated carbocycles. The van der Waals surface area contributed by atoms with Gasteiger partial charge in [-0.2, -0.15) is 0 Å². The Bertz CT molecular complexity index is 274. The molecule has 0 fully saturated rings. The van der Waals surface area contributed by atoms with Crippen molar-refractivity contribution in [3.05, 3.63) is 17.8 Å². The van der Waals surface area contributed by atoms with Gasteiger partial charge in [0, 0.05) is 18.0 Å². The van der Waals surface area contributed by atoms with Crippen molar-refractivity contribution in [3.63, 3.8) is 0 Å². The second kappa shape index (κ2) is 4.70. The Morgan fingerprint density at radius 2 is 2.31 bits per heavy atom. The molecule has 0 saturated heterocycles. The minimum absolute atomic E-state index is 0.581. The molecule has 3 heteroatoms. The van der Waals surface area contributed by atoms with Crippen LogP contribution in [0.25, 0.3) is 0 Å². The van der Waals surface area contributed by atoms with Gasteiger partial charge in [0.15, 0.2) is 0 Å². The van der Waals surface area contributed by atoms with Gasteiger partial charge in [0.25, 0.3) is 0 Å². The van der Waals surface area contributed by atoms with Crippen molar-refractivity contribution >= 4 is 5.69 Å². The average molecular weight is 180 g/mol. The summed E-state index contributed by atoms with van der Waals surface area (Å²) in [5.74, 6) is 0.581. The molecule has 0 aromatic carbocycles. The summed E-state index contributed by atoms with van der Waals surface area (Å²) in [5.41, 5.74) is 7.71. The Balaban J connectivity index is 2.73. The maximum atomic E-state index is 5.82. The highest BCUT2D eigenvalue weighted by Gasteiger charge is 2.01. The molecule has 0 aliphatic rings. The molecule has 0 unspecified atom stereocenters. The third-order valence-corrected chi connectivity index (χ3v) is 2.01. The molecule has 0 amide bonds. The van der Waals surface area contributed by atoms with Crippen LogP contribution in [0.1, 0.15) is 25.3 Å². The van der Waals surface area contributed by atoms with E-state index in [-0.39, 0.29) is 0 Å². The highest BCUT2D eigenvalue weighted by atomic mass is 16.5. The van der Waals surface area contributed by atoms with Gasteiger partial charge in [-0.3, -0.25) is 0 Å². The number of methoxy groups -OCH3 is 1. The molecule has 0 atom stereocenters. The molecule has 1 aromatic heterocycles. The first-order valence-electron chi connectivity index (χ1n) is 4.56. The van der Waals surface area contributed by atoms with Crippen molar-refractivity contribution in [1.29, 1.82) is 0 Å². The molecular formula is C10H16N2O. The maximum absolute atomic E-state index is 5.82. The van der Waals surface area contributed by atoms with E-state index in [9.17, 15) is 0 Å². The Kier molecular flexibility index (Phi) is 3.55. The van der Waals surface area contributed by atoms with Crippen LogP contribution in [-0.2, 0) is 6.42 Å². The van der Waals surface area contributed by atoms with Gasteiger partial charge in [-0.25, -0.2) is 4.98 Å². The zero-order chi connectivity index (χ0) is 9.68. The second-order valence-electron chi connectivity index (χ2n) is 3.03. The molecule has 1 heterocycles. The fourth-order valence-corrected chi connectivity index (χ4v) is 1.17. The summed E-state index contributed by atoms with van der Waals surface area (Å²) in [5, 5.41) is 0. The normalized spacial score (nSPS) is 10.0. The minimum atomic E-state index is 0.581. The molecule has 3 nitrogen and oxygen atoms in total. The van der Waals surface area contributed by atoms with Crippen molar-refractivity contribution in [2.24, 2.45) is 0 Å². The summed E-state index contributed by atoms with van der Waals surface area (Å²) in [6.45, 7) is 2.16. The van der Waals surface area contributed by atoms with Gasteiger partial charge in [0.2, 0.25) is 5.88 Å². The number of ether oxygens (including phenoxy) is 1. The van der Waals surface area contributed by atoms with Crippen LogP contribution in [0.4, 0.5) is 5.69 Å². The molecule has 2 N–H and O–H groups in total. The first-order valence-corrected chi connectivity index (χ1v) is 4.56. The van der Waals surface area contributed by atoms with E-state index in [1.165, 1.54) is 6.42 Å². The number of nitrogens with two attached hydrogens (primary N) is 1. The summed E-state index contributed by atoms with van der Waals surface area (Å²) >= 11 is 0. The number of nitrogen functional groups attached to an aromatic ring is 1. The van der Waals surface area contributed by atoms with Gasteiger partial charge in [0.05, 0.1) is 7.11 Å².